The highest BCUT2D eigenvalue weighted by atomic mass is 16.2. The van der Waals surface area contributed by atoms with Crippen molar-refractivity contribution >= 4 is 5.91 Å². The Morgan fingerprint density at radius 2 is 2.18 bits per heavy atom. The molecule has 1 aromatic heterocycles. The summed E-state index contributed by atoms with van der Waals surface area (Å²) in [6, 6.07) is 0.0232. The molecule has 6 nitrogen and oxygen atoms in total. The van der Waals surface area contributed by atoms with Crippen LogP contribution >= 0.6 is 0 Å². The van der Waals surface area contributed by atoms with Gasteiger partial charge in [-0.15, -0.1) is 5.10 Å². The van der Waals surface area contributed by atoms with Crippen LogP contribution in [0.25, 0.3) is 0 Å². The second kappa shape index (κ2) is 7.01. The summed E-state index contributed by atoms with van der Waals surface area (Å²) in [5, 5.41) is 13.6. The Morgan fingerprint density at radius 1 is 1.41 bits per heavy atom. The highest BCUT2D eigenvalue weighted by Crippen LogP contribution is 1.89. The molecule has 0 aliphatic carbocycles. The van der Waals surface area contributed by atoms with Crippen molar-refractivity contribution < 1.29 is 4.79 Å². The van der Waals surface area contributed by atoms with Crippen molar-refractivity contribution in [2.75, 3.05) is 6.54 Å². The van der Waals surface area contributed by atoms with Gasteiger partial charge in [-0.25, -0.2) is 0 Å². The van der Waals surface area contributed by atoms with E-state index in [0.29, 0.717) is 0 Å². The molecule has 0 spiro atoms. The molecule has 0 radical (unpaired) electrons. The maximum Gasteiger partial charge on any atom is 0.237 e. The van der Waals surface area contributed by atoms with Crippen LogP contribution in [0.2, 0.25) is 0 Å². The maximum atomic E-state index is 11.6. The third-order valence-electron chi connectivity index (χ3n) is 2.31. The summed E-state index contributed by atoms with van der Waals surface area (Å²) in [6.07, 6.45) is 4.41. The van der Waals surface area contributed by atoms with Crippen molar-refractivity contribution in [3.63, 3.8) is 0 Å². The van der Waals surface area contributed by atoms with Gasteiger partial charge in [0.2, 0.25) is 5.91 Å². The quantitative estimate of drug-likeness (QED) is 0.665. The van der Waals surface area contributed by atoms with Crippen LogP contribution in [0.15, 0.2) is 12.4 Å². The zero-order valence-electron chi connectivity index (χ0n) is 10.7. The summed E-state index contributed by atoms with van der Waals surface area (Å²) in [5.74, 6) is 0.0424. The fraction of sp³-hybridized carbons (Fsp3) is 0.727. The predicted octanol–water partition coefficient (Wildman–Crippen LogP) is 0.171. The van der Waals surface area contributed by atoms with E-state index in [2.05, 4.69) is 20.9 Å². The van der Waals surface area contributed by atoms with E-state index in [4.69, 9.17) is 0 Å². The Labute approximate surface area is 102 Å². The summed E-state index contributed by atoms with van der Waals surface area (Å²) in [4.78, 5) is 11.6. The Hall–Kier alpha value is -1.43. The van der Waals surface area contributed by atoms with Crippen molar-refractivity contribution in [2.45, 2.75) is 45.8 Å². The standard InChI is InChI=1S/C11H21N5O/c1-9(2)14-11(17)10(3)12-5-4-7-16-8-6-13-15-16/h6,8-10,12H,4-5,7H2,1-3H3,(H,14,17). The molecule has 0 saturated heterocycles. The van der Waals surface area contributed by atoms with E-state index in [-0.39, 0.29) is 18.0 Å². The van der Waals surface area contributed by atoms with E-state index in [1.807, 2.05) is 27.0 Å². The third kappa shape index (κ3) is 5.44. The van der Waals surface area contributed by atoms with Gasteiger partial charge in [-0.3, -0.25) is 9.48 Å². The molecule has 1 aromatic rings. The molecule has 1 amide bonds. The van der Waals surface area contributed by atoms with Gasteiger partial charge in [0.1, 0.15) is 0 Å². The summed E-state index contributed by atoms with van der Waals surface area (Å²) < 4.78 is 1.78. The molecule has 2 N–H and O–H groups in total. The minimum absolute atomic E-state index is 0.0424. The lowest BCUT2D eigenvalue weighted by Gasteiger charge is -2.15. The smallest absolute Gasteiger partial charge is 0.237 e. The lowest BCUT2D eigenvalue weighted by atomic mass is 10.2. The minimum Gasteiger partial charge on any atom is -0.353 e. The van der Waals surface area contributed by atoms with Gasteiger partial charge in [-0.05, 0) is 33.7 Å². The third-order valence-corrected chi connectivity index (χ3v) is 2.31. The number of rotatable bonds is 7. The van der Waals surface area contributed by atoms with Gasteiger partial charge in [-0.2, -0.15) is 0 Å². The number of aromatic nitrogens is 3. The van der Waals surface area contributed by atoms with Crippen LogP contribution < -0.4 is 10.6 Å². The second-order valence-electron chi connectivity index (χ2n) is 4.36. The van der Waals surface area contributed by atoms with Gasteiger partial charge in [0.05, 0.1) is 12.2 Å². The topological polar surface area (TPSA) is 71.8 Å². The number of carbonyl (C=O) groups is 1. The van der Waals surface area contributed by atoms with E-state index in [1.165, 1.54) is 0 Å². The Balaban J connectivity index is 2.11. The van der Waals surface area contributed by atoms with Gasteiger partial charge in [0.15, 0.2) is 0 Å². The average Bonchev–Trinajstić information content (AvgIpc) is 2.75. The van der Waals surface area contributed by atoms with Gasteiger partial charge in [0, 0.05) is 18.8 Å². The number of nitrogens with zero attached hydrogens (tertiary/aromatic N) is 3. The number of hydrogen-bond donors (Lipinski definition) is 2. The van der Waals surface area contributed by atoms with Crippen molar-refractivity contribution in [1.82, 2.24) is 25.6 Å². The Morgan fingerprint density at radius 3 is 2.76 bits per heavy atom. The van der Waals surface area contributed by atoms with Crippen molar-refractivity contribution in [1.29, 1.82) is 0 Å². The van der Waals surface area contributed by atoms with E-state index >= 15 is 0 Å². The fourth-order valence-corrected chi connectivity index (χ4v) is 1.41. The van der Waals surface area contributed by atoms with E-state index in [1.54, 1.807) is 10.9 Å². The van der Waals surface area contributed by atoms with Crippen molar-refractivity contribution in [3.8, 4) is 0 Å². The highest BCUT2D eigenvalue weighted by Gasteiger charge is 2.11. The molecule has 0 fully saturated rings. The molecular weight excluding hydrogens is 218 g/mol. The molecular formula is C11H21N5O. The number of nitrogens with one attached hydrogen (secondary N) is 2. The molecule has 0 aromatic carbocycles. The van der Waals surface area contributed by atoms with Crippen LogP contribution in [0.4, 0.5) is 0 Å². The normalized spacial score (nSPS) is 12.7. The molecule has 96 valence electrons. The first-order valence-electron chi connectivity index (χ1n) is 5.97. The van der Waals surface area contributed by atoms with Gasteiger partial charge < -0.3 is 10.6 Å². The van der Waals surface area contributed by atoms with Gasteiger partial charge in [-0.1, -0.05) is 5.21 Å². The van der Waals surface area contributed by atoms with E-state index in [9.17, 15) is 4.79 Å². The molecule has 0 aliphatic rings. The monoisotopic (exact) mass is 239 g/mol. The average molecular weight is 239 g/mol. The summed E-state index contributed by atoms with van der Waals surface area (Å²) in [7, 11) is 0. The van der Waals surface area contributed by atoms with E-state index in [0.717, 1.165) is 19.5 Å². The summed E-state index contributed by atoms with van der Waals surface area (Å²) in [6.45, 7) is 7.37. The van der Waals surface area contributed by atoms with Crippen LogP contribution in [0.1, 0.15) is 27.2 Å². The number of aryl methyl sites for hydroxylation is 1. The molecule has 0 aliphatic heterocycles. The largest absolute Gasteiger partial charge is 0.353 e. The Bertz CT molecular complexity index is 323. The maximum absolute atomic E-state index is 11.6. The number of carbonyl (C=O) groups excluding carboxylic acids is 1. The molecule has 1 rings (SSSR count). The van der Waals surface area contributed by atoms with Gasteiger partial charge >= 0.3 is 0 Å². The summed E-state index contributed by atoms with van der Waals surface area (Å²) in [5.41, 5.74) is 0. The molecule has 17 heavy (non-hydrogen) atoms. The predicted molar refractivity (Wildman–Crippen MR) is 65.4 cm³/mol. The van der Waals surface area contributed by atoms with E-state index < -0.39 is 0 Å². The highest BCUT2D eigenvalue weighted by molar-refractivity contribution is 5.81. The first-order valence-corrected chi connectivity index (χ1v) is 5.97. The second-order valence-corrected chi connectivity index (χ2v) is 4.36. The van der Waals surface area contributed by atoms with Crippen LogP contribution in [-0.2, 0) is 11.3 Å². The van der Waals surface area contributed by atoms with Crippen LogP contribution in [0.3, 0.4) is 0 Å². The molecule has 1 unspecified atom stereocenters. The Kier molecular flexibility index (Phi) is 5.62. The summed E-state index contributed by atoms with van der Waals surface area (Å²) >= 11 is 0. The van der Waals surface area contributed by atoms with Gasteiger partial charge in [0.25, 0.3) is 0 Å². The molecule has 0 saturated carbocycles. The molecule has 1 heterocycles. The first kappa shape index (κ1) is 13.6. The van der Waals surface area contributed by atoms with Crippen molar-refractivity contribution in [3.05, 3.63) is 12.4 Å². The fourth-order valence-electron chi connectivity index (χ4n) is 1.41. The molecule has 1 atom stereocenters. The first-order chi connectivity index (χ1) is 8.09. The lowest BCUT2D eigenvalue weighted by molar-refractivity contribution is -0.123. The SMILES string of the molecule is CC(C)NC(=O)C(C)NCCCn1ccnn1. The zero-order chi connectivity index (χ0) is 12.7. The molecule has 6 heteroatoms. The molecule has 0 bridgehead atoms. The number of hydrogen-bond acceptors (Lipinski definition) is 4. The zero-order valence-corrected chi connectivity index (χ0v) is 10.7. The number of amides is 1. The van der Waals surface area contributed by atoms with Crippen LogP contribution in [0, 0.1) is 0 Å². The van der Waals surface area contributed by atoms with Crippen LogP contribution in [0.5, 0.6) is 0 Å². The minimum atomic E-state index is -0.159. The lowest BCUT2D eigenvalue weighted by Crippen LogP contribution is -2.45. The van der Waals surface area contributed by atoms with Crippen molar-refractivity contribution in [2.24, 2.45) is 0 Å². The van der Waals surface area contributed by atoms with Crippen LogP contribution in [-0.4, -0.2) is 39.5 Å².